The minimum absolute atomic E-state index is 0.0239. The average molecular weight is 342 g/mol. The van der Waals surface area contributed by atoms with Gasteiger partial charge in [-0.05, 0) is 37.6 Å². The Hall–Kier alpha value is -3.35. The van der Waals surface area contributed by atoms with Crippen molar-refractivity contribution in [1.82, 2.24) is 4.57 Å². The number of phenolic OH excluding ortho intramolecular Hbond substituents is 1. The molecule has 2 rings (SSSR count). The van der Waals surface area contributed by atoms with Crippen molar-refractivity contribution in [3.63, 3.8) is 0 Å². The number of carbonyl (C=O) groups is 2. The van der Waals surface area contributed by atoms with E-state index >= 15 is 0 Å². The third-order valence-electron chi connectivity index (χ3n) is 3.36. The highest BCUT2D eigenvalue weighted by Crippen LogP contribution is 2.24. The zero-order valence-corrected chi connectivity index (χ0v) is 13.8. The van der Waals surface area contributed by atoms with Gasteiger partial charge in [-0.1, -0.05) is 18.2 Å². The second kappa shape index (κ2) is 7.96. The number of aromatic nitrogens is 1. The number of amides is 1. The van der Waals surface area contributed by atoms with Crippen LogP contribution in [0.1, 0.15) is 18.1 Å². The van der Waals surface area contributed by atoms with Crippen molar-refractivity contribution >= 4 is 23.8 Å². The van der Waals surface area contributed by atoms with E-state index in [9.17, 15) is 19.8 Å². The number of aryl methyl sites for hydroxylation is 1. The van der Waals surface area contributed by atoms with Crippen molar-refractivity contribution in [1.29, 1.82) is 0 Å². The lowest BCUT2D eigenvalue weighted by atomic mass is 10.1. The molecule has 0 aliphatic heterocycles. The summed E-state index contributed by atoms with van der Waals surface area (Å²) in [7, 11) is 0. The average Bonchev–Trinajstić information content (AvgIpc) is 2.57. The molecule has 1 amide bonds. The van der Waals surface area contributed by atoms with Gasteiger partial charge in [-0.2, -0.15) is 4.99 Å². The molecule has 1 heterocycles. The van der Waals surface area contributed by atoms with Gasteiger partial charge in [0.05, 0.1) is 12.0 Å². The Morgan fingerprint density at radius 3 is 2.52 bits per heavy atom. The maximum absolute atomic E-state index is 11.6. The highest BCUT2D eigenvalue weighted by molar-refractivity contribution is 6.14. The molecule has 25 heavy (non-hydrogen) atoms. The first-order valence-electron chi connectivity index (χ1n) is 7.56. The zero-order valence-electron chi connectivity index (χ0n) is 13.8. The van der Waals surface area contributed by atoms with Crippen molar-refractivity contribution in [2.75, 3.05) is 6.61 Å². The van der Waals surface area contributed by atoms with Crippen LogP contribution < -0.4 is 5.36 Å². The fourth-order valence-electron chi connectivity index (χ4n) is 2.11. The summed E-state index contributed by atoms with van der Waals surface area (Å²) in [4.78, 5) is 26.6. The molecule has 0 bridgehead atoms. The zero-order chi connectivity index (χ0) is 18.4. The first-order valence-corrected chi connectivity index (χ1v) is 7.56. The predicted octanol–water partition coefficient (Wildman–Crippen LogP) is 2.64. The van der Waals surface area contributed by atoms with Crippen molar-refractivity contribution in [2.24, 2.45) is 4.99 Å². The number of carbonyl (C=O) groups excluding carboxylic acids is 1. The molecule has 0 spiro atoms. The van der Waals surface area contributed by atoms with Gasteiger partial charge >= 0.3 is 12.1 Å². The Morgan fingerprint density at radius 2 is 1.92 bits per heavy atom. The number of pyridine rings is 1. The Bertz CT molecular complexity index is 876. The molecule has 1 aromatic carbocycles. The lowest BCUT2D eigenvalue weighted by molar-refractivity contribution is -0.130. The quantitative estimate of drug-likeness (QED) is 0.832. The van der Waals surface area contributed by atoms with Gasteiger partial charge < -0.3 is 19.5 Å². The van der Waals surface area contributed by atoms with Crippen LogP contribution >= 0.6 is 0 Å². The van der Waals surface area contributed by atoms with Gasteiger partial charge in [-0.3, -0.25) is 0 Å². The van der Waals surface area contributed by atoms with Crippen molar-refractivity contribution < 1.29 is 24.5 Å². The molecule has 0 fully saturated rings. The minimum atomic E-state index is -1.17. The van der Waals surface area contributed by atoms with Gasteiger partial charge in [0.2, 0.25) is 0 Å². The molecule has 7 nitrogen and oxygen atoms in total. The number of carboxylic acids is 1. The van der Waals surface area contributed by atoms with Gasteiger partial charge in [0.15, 0.2) is 0 Å². The lowest BCUT2D eigenvalue weighted by Gasteiger charge is -2.09. The van der Waals surface area contributed by atoms with Gasteiger partial charge in [0, 0.05) is 18.0 Å². The summed E-state index contributed by atoms with van der Waals surface area (Å²) in [6, 6.07) is 8.06. The molecule has 2 aromatic rings. The predicted molar refractivity (Wildman–Crippen MR) is 91.7 cm³/mol. The monoisotopic (exact) mass is 342 g/mol. The van der Waals surface area contributed by atoms with Gasteiger partial charge in [-0.15, -0.1) is 0 Å². The number of hydrogen-bond acceptors (Lipinski definition) is 4. The molecule has 0 saturated heterocycles. The number of hydrogen-bond donors (Lipinski definition) is 2. The highest BCUT2D eigenvalue weighted by atomic mass is 16.5. The van der Waals surface area contributed by atoms with Crippen LogP contribution in [0.25, 0.3) is 11.8 Å². The Balaban J connectivity index is 2.42. The number of rotatable bonds is 4. The maximum atomic E-state index is 11.6. The first-order chi connectivity index (χ1) is 11.9. The molecule has 2 N–H and O–H groups in total. The number of para-hydroxylation sites is 1. The Kier molecular flexibility index (Phi) is 5.73. The van der Waals surface area contributed by atoms with Crippen LogP contribution in [0, 0.1) is 6.92 Å². The van der Waals surface area contributed by atoms with Gasteiger partial charge in [0.25, 0.3) is 0 Å². The number of carboxylic acid groups (broad SMARTS) is 1. The molecule has 0 aliphatic rings. The normalized spacial score (nSPS) is 11.0. The second-order valence-electron chi connectivity index (χ2n) is 5.12. The van der Waals surface area contributed by atoms with Crippen LogP contribution in [0.15, 0.2) is 47.7 Å². The molecule has 0 unspecified atom stereocenters. The van der Waals surface area contributed by atoms with Crippen LogP contribution in [-0.2, 0) is 9.53 Å². The van der Waals surface area contributed by atoms with E-state index in [1.54, 1.807) is 32.0 Å². The summed E-state index contributed by atoms with van der Waals surface area (Å²) in [5.74, 6) is -1.14. The van der Waals surface area contributed by atoms with Crippen LogP contribution in [-0.4, -0.2) is 33.4 Å². The van der Waals surface area contributed by atoms with Crippen LogP contribution in [0.3, 0.4) is 0 Å². The van der Waals surface area contributed by atoms with Crippen LogP contribution in [0.4, 0.5) is 4.79 Å². The van der Waals surface area contributed by atoms with Crippen LogP contribution in [0.2, 0.25) is 0 Å². The summed E-state index contributed by atoms with van der Waals surface area (Å²) in [6.45, 7) is 3.63. The van der Waals surface area contributed by atoms with Crippen molar-refractivity contribution in [3.8, 4) is 5.75 Å². The molecule has 0 radical (unpaired) electrons. The number of ether oxygens (including phenoxy) is 1. The van der Waals surface area contributed by atoms with E-state index < -0.39 is 12.1 Å². The third-order valence-corrected chi connectivity index (χ3v) is 3.36. The van der Waals surface area contributed by atoms with E-state index in [1.807, 2.05) is 0 Å². The van der Waals surface area contributed by atoms with E-state index in [1.165, 1.54) is 35.2 Å². The van der Waals surface area contributed by atoms with Gasteiger partial charge in [0.1, 0.15) is 11.4 Å². The lowest BCUT2D eigenvalue weighted by Crippen LogP contribution is -2.12. The van der Waals surface area contributed by atoms with Crippen LogP contribution in [0.5, 0.6) is 5.75 Å². The van der Waals surface area contributed by atoms with E-state index in [2.05, 4.69) is 4.99 Å². The molecular weight excluding hydrogens is 324 g/mol. The molecular formula is C18H18N2O5. The molecule has 1 aromatic heterocycles. The van der Waals surface area contributed by atoms with E-state index in [0.29, 0.717) is 16.5 Å². The summed E-state index contributed by atoms with van der Waals surface area (Å²) in [5, 5.41) is 19.9. The molecule has 0 saturated carbocycles. The Morgan fingerprint density at radius 1 is 1.24 bits per heavy atom. The fraction of sp³-hybridized carbons (Fsp3) is 0.167. The number of benzene rings is 1. The second-order valence-corrected chi connectivity index (χ2v) is 5.12. The maximum Gasteiger partial charge on any atom is 0.434 e. The standard InChI is InChI=1S/C18H18N2O5/c1-3-25-18(24)19-14-7-9-20(10-8-14)15(17(22)23)11-13-6-4-5-12(2)16(13)21/h4-11,21H,3H2,1-2H3,(H,22,23). The summed E-state index contributed by atoms with van der Waals surface area (Å²) in [5.41, 5.74) is 0.973. The third kappa shape index (κ3) is 4.57. The minimum Gasteiger partial charge on any atom is -0.507 e. The van der Waals surface area contributed by atoms with E-state index in [0.717, 1.165) is 0 Å². The fourth-order valence-corrected chi connectivity index (χ4v) is 2.11. The largest absolute Gasteiger partial charge is 0.507 e. The van der Waals surface area contributed by atoms with Crippen molar-refractivity contribution in [2.45, 2.75) is 13.8 Å². The number of phenols is 1. The molecule has 0 atom stereocenters. The molecule has 0 aliphatic carbocycles. The Labute approximate surface area is 144 Å². The summed E-state index contributed by atoms with van der Waals surface area (Å²) >= 11 is 0. The van der Waals surface area contributed by atoms with Crippen molar-refractivity contribution in [3.05, 3.63) is 59.2 Å². The highest BCUT2D eigenvalue weighted by Gasteiger charge is 2.11. The number of aromatic hydroxyl groups is 1. The number of aliphatic carboxylic acids is 1. The molecule has 7 heteroatoms. The summed E-state index contributed by atoms with van der Waals surface area (Å²) in [6.07, 6.45) is 3.58. The van der Waals surface area contributed by atoms with Gasteiger partial charge in [-0.25, -0.2) is 9.59 Å². The first kappa shape index (κ1) is 18.0. The van der Waals surface area contributed by atoms with E-state index in [4.69, 9.17) is 4.74 Å². The SMILES string of the molecule is CCOC(=O)N=c1ccn(C(=Cc2cccc(C)c2O)C(=O)O)cc1. The van der Waals surface area contributed by atoms with E-state index in [-0.39, 0.29) is 18.1 Å². The number of nitrogens with zero attached hydrogens (tertiary/aromatic N) is 2. The molecule has 130 valence electrons. The smallest absolute Gasteiger partial charge is 0.434 e. The summed E-state index contributed by atoms with van der Waals surface area (Å²) < 4.78 is 6.07. The topological polar surface area (TPSA) is 101 Å².